The van der Waals surface area contributed by atoms with Gasteiger partial charge in [-0.3, -0.25) is 33.6 Å². The first-order valence-electron chi connectivity index (χ1n) is 30.1. The second-order valence-electron chi connectivity index (χ2n) is 20.9. The number of amides is 6. The van der Waals surface area contributed by atoms with E-state index in [-0.39, 0.29) is 38.8 Å². The highest BCUT2D eigenvalue weighted by molar-refractivity contribution is 5.93. The van der Waals surface area contributed by atoms with Gasteiger partial charge in [-0.05, 0) is 31.2 Å². The van der Waals surface area contributed by atoms with E-state index in [9.17, 15) is 33.6 Å². The van der Waals surface area contributed by atoms with Gasteiger partial charge in [-0.25, -0.2) is 0 Å². The molecule has 15 nitrogen and oxygen atoms in total. The lowest BCUT2D eigenvalue weighted by atomic mass is 10.0. The summed E-state index contributed by atoms with van der Waals surface area (Å²) in [5.74, 6) is -3.51. The summed E-state index contributed by atoms with van der Waals surface area (Å²) in [6.07, 6.45) is 42.4. The van der Waals surface area contributed by atoms with Crippen LogP contribution in [0.25, 0.3) is 0 Å². The largest absolute Gasteiger partial charge is 0.460 e. The van der Waals surface area contributed by atoms with Crippen molar-refractivity contribution in [3.8, 4) is 0 Å². The standard InChI is InChI=1S/C60H104N6O9/c1-3-5-7-9-11-13-15-17-19-21-23-25-27-29-31-36-42-65(43-37-32-30-28-26-24-22-20-18-16-14-12-10-8-6-4-2)58(71)51-74-50-56(69)61-45-54(67)62-47-57(70)66-44-38-41-53(66)60(73)64-46-55(68)63-48-59(72)75-49-52-39-34-33-35-40-52/h33-35,39-40,53H,3-32,36-38,41-51H2,1-2H3,(H,61,69)(H,62,67)(H,63,68)(H,64,73)/t53-/m0/s1. The first kappa shape index (κ1) is 66.6. The van der Waals surface area contributed by atoms with E-state index in [1.54, 1.807) is 0 Å². The SMILES string of the molecule is CCCCCCCCCCCCCCCCCCN(CCCCCCCCCCCCCCCCCC)C(=O)COCC(=O)NCC(=O)NCC(=O)N1CCC[C@H]1C(=O)NCC(=O)NCC(=O)OCc1ccccc1. The molecule has 0 aliphatic carbocycles. The third-order valence-electron chi connectivity index (χ3n) is 14.2. The van der Waals surface area contributed by atoms with E-state index < -0.39 is 54.6 Å². The van der Waals surface area contributed by atoms with Crippen molar-refractivity contribution < 1.29 is 43.0 Å². The highest BCUT2D eigenvalue weighted by atomic mass is 16.5. The van der Waals surface area contributed by atoms with Crippen molar-refractivity contribution in [3.63, 3.8) is 0 Å². The second kappa shape index (κ2) is 46.7. The van der Waals surface area contributed by atoms with E-state index in [4.69, 9.17) is 9.47 Å². The van der Waals surface area contributed by atoms with E-state index in [2.05, 4.69) is 35.1 Å². The van der Waals surface area contributed by atoms with Gasteiger partial charge in [0.05, 0.1) is 19.6 Å². The lowest BCUT2D eigenvalue weighted by Crippen LogP contribution is -2.51. The van der Waals surface area contributed by atoms with E-state index >= 15 is 0 Å². The summed E-state index contributed by atoms with van der Waals surface area (Å²) in [7, 11) is 0. The molecular formula is C60H104N6O9. The second-order valence-corrected chi connectivity index (χ2v) is 20.9. The number of ether oxygens (including phenoxy) is 2. The Labute approximate surface area is 453 Å². The van der Waals surface area contributed by atoms with Crippen LogP contribution in [0.2, 0.25) is 0 Å². The molecule has 4 N–H and O–H groups in total. The van der Waals surface area contributed by atoms with Crippen LogP contribution in [0, 0.1) is 0 Å². The zero-order chi connectivity index (χ0) is 54.2. The average molecular weight is 1050 g/mol. The molecule has 1 atom stereocenters. The number of rotatable bonds is 49. The Kier molecular flexibility index (Phi) is 41.5. The number of nitrogens with zero attached hydrogens (tertiary/aromatic N) is 2. The van der Waals surface area contributed by atoms with Gasteiger partial charge in [0.15, 0.2) is 0 Å². The molecule has 0 unspecified atom stereocenters. The van der Waals surface area contributed by atoms with Gasteiger partial charge in [0, 0.05) is 19.6 Å². The Hall–Kier alpha value is -4.53. The molecule has 1 fully saturated rings. The fraction of sp³-hybridized carbons (Fsp3) is 0.783. The number of hydrogen-bond donors (Lipinski definition) is 4. The summed E-state index contributed by atoms with van der Waals surface area (Å²) in [4.78, 5) is 92.0. The molecule has 0 radical (unpaired) electrons. The predicted molar refractivity (Wildman–Crippen MR) is 300 cm³/mol. The van der Waals surface area contributed by atoms with Crippen LogP contribution >= 0.6 is 0 Å². The quantitative estimate of drug-likeness (QED) is 0.0363. The third-order valence-corrected chi connectivity index (χ3v) is 14.2. The van der Waals surface area contributed by atoms with Crippen LogP contribution in [0.4, 0.5) is 0 Å². The third kappa shape index (κ3) is 37.0. The van der Waals surface area contributed by atoms with Crippen LogP contribution in [-0.2, 0) is 49.6 Å². The summed E-state index contributed by atoms with van der Waals surface area (Å²) in [6, 6.07) is 8.29. The maximum atomic E-state index is 13.4. The Balaban J connectivity index is 1.64. The average Bonchev–Trinajstić information content (AvgIpc) is 3.92. The van der Waals surface area contributed by atoms with E-state index in [0.717, 1.165) is 31.2 Å². The molecule has 0 spiro atoms. The zero-order valence-corrected chi connectivity index (χ0v) is 47.1. The molecule has 6 amide bonds. The monoisotopic (exact) mass is 1050 g/mol. The van der Waals surface area contributed by atoms with Gasteiger partial charge in [-0.1, -0.05) is 237 Å². The molecule has 1 saturated heterocycles. The maximum Gasteiger partial charge on any atom is 0.325 e. The lowest BCUT2D eigenvalue weighted by molar-refractivity contribution is -0.145. The Bertz CT molecular complexity index is 1630. The van der Waals surface area contributed by atoms with Crippen LogP contribution in [0.3, 0.4) is 0 Å². The summed E-state index contributed by atoms with van der Waals surface area (Å²) in [5, 5.41) is 9.88. The topological polar surface area (TPSA) is 193 Å². The van der Waals surface area contributed by atoms with Crippen molar-refractivity contribution >= 4 is 41.4 Å². The fourth-order valence-electron chi connectivity index (χ4n) is 9.60. The number of carbonyl (C=O) groups excluding carboxylic acids is 7. The minimum Gasteiger partial charge on any atom is -0.460 e. The van der Waals surface area contributed by atoms with Crippen molar-refractivity contribution in [1.29, 1.82) is 0 Å². The highest BCUT2D eigenvalue weighted by Gasteiger charge is 2.34. The van der Waals surface area contributed by atoms with Gasteiger partial charge in [-0.2, -0.15) is 0 Å². The number of likely N-dealkylation sites (tertiary alicyclic amines) is 1. The number of benzene rings is 1. The smallest absolute Gasteiger partial charge is 0.325 e. The van der Waals surface area contributed by atoms with Gasteiger partial charge in [-0.15, -0.1) is 0 Å². The Morgan fingerprint density at radius 1 is 0.493 bits per heavy atom. The van der Waals surface area contributed by atoms with Gasteiger partial charge in [0.2, 0.25) is 35.4 Å². The molecule has 0 saturated carbocycles. The van der Waals surface area contributed by atoms with Crippen molar-refractivity contribution in [3.05, 3.63) is 35.9 Å². The fourth-order valence-corrected chi connectivity index (χ4v) is 9.60. The van der Waals surface area contributed by atoms with Crippen molar-refractivity contribution in [2.45, 2.75) is 245 Å². The normalized spacial score (nSPS) is 13.1. The van der Waals surface area contributed by atoms with Crippen molar-refractivity contribution in [2.75, 3.05) is 59.0 Å². The first-order valence-corrected chi connectivity index (χ1v) is 30.1. The van der Waals surface area contributed by atoms with Crippen LogP contribution in [-0.4, -0.2) is 116 Å². The molecule has 1 aliphatic rings. The summed E-state index contributed by atoms with van der Waals surface area (Å²) in [6.45, 7) is 4.14. The molecule has 1 aliphatic heterocycles. The number of nitrogens with one attached hydrogen (secondary N) is 4. The van der Waals surface area contributed by atoms with Gasteiger partial charge in [0.1, 0.15) is 32.4 Å². The number of esters is 1. The molecule has 1 heterocycles. The van der Waals surface area contributed by atoms with Crippen LogP contribution < -0.4 is 21.3 Å². The summed E-state index contributed by atoms with van der Waals surface area (Å²) >= 11 is 0. The molecule has 0 bridgehead atoms. The zero-order valence-electron chi connectivity index (χ0n) is 47.1. The molecule has 75 heavy (non-hydrogen) atoms. The lowest BCUT2D eigenvalue weighted by Gasteiger charge is -2.24. The molecule has 428 valence electrons. The minimum atomic E-state index is -0.823. The number of carbonyl (C=O) groups is 7. The van der Waals surface area contributed by atoms with Crippen molar-refractivity contribution in [2.24, 2.45) is 0 Å². The van der Waals surface area contributed by atoms with Crippen LogP contribution in [0.5, 0.6) is 0 Å². The van der Waals surface area contributed by atoms with Gasteiger partial charge >= 0.3 is 5.97 Å². The van der Waals surface area contributed by atoms with E-state index in [1.165, 1.54) is 185 Å². The van der Waals surface area contributed by atoms with E-state index in [1.807, 2.05) is 35.2 Å². The number of unbranched alkanes of at least 4 members (excludes halogenated alkanes) is 30. The van der Waals surface area contributed by atoms with Crippen LogP contribution in [0.15, 0.2) is 30.3 Å². The molecule has 1 aromatic rings. The summed E-state index contributed by atoms with van der Waals surface area (Å²) < 4.78 is 10.7. The molecular weight excluding hydrogens is 949 g/mol. The molecule has 0 aromatic heterocycles. The minimum absolute atomic E-state index is 0.0729. The molecule has 1 aromatic carbocycles. The van der Waals surface area contributed by atoms with Crippen LogP contribution in [0.1, 0.15) is 238 Å². The van der Waals surface area contributed by atoms with Gasteiger partial charge < -0.3 is 40.5 Å². The van der Waals surface area contributed by atoms with Gasteiger partial charge in [0.25, 0.3) is 0 Å². The van der Waals surface area contributed by atoms with E-state index in [0.29, 0.717) is 32.5 Å². The Morgan fingerprint density at radius 2 is 0.907 bits per heavy atom. The van der Waals surface area contributed by atoms with Crippen molar-refractivity contribution in [1.82, 2.24) is 31.1 Å². The predicted octanol–water partition coefficient (Wildman–Crippen LogP) is 10.6. The molecule has 15 heteroatoms. The maximum absolute atomic E-state index is 13.4. The highest BCUT2D eigenvalue weighted by Crippen LogP contribution is 2.19. The summed E-state index contributed by atoms with van der Waals surface area (Å²) in [5.41, 5.74) is 0.810. The molecule has 2 rings (SSSR count). The Morgan fingerprint density at radius 3 is 1.37 bits per heavy atom. The number of hydrogen-bond acceptors (Lipinski definition) is 9. The first-order chi connectivity index (χ1) is 36.6.